The second kappa shape index (κ2) is 12.3. The minimum Gasteiger partial charge on any atom is -0.478 e. The zero-order valence-electron chi connectivity index (χ0n) is 25.5. The molecule has 2 aliphatic heterocycles. The summed E-state index contributed by atoms with van der Waals surface area (Å²) in [5.74, 6) is -1.17. The molecule has 2 aromatic rings. The molecule has 44 heavy (non-hydrogen) atoms. The van der Waals surface area contributed by atoms with Crippen LogP contribution in [0.25, 0.3) is 5.57 Å². The van der Waals surface area contributed by atoms with Crippen molar-refractivity contribution < 1.29 is 27.9 Å². The number of benzene rings is 1. The van der Waals surface area contributed by atoms with Crippen LogP contribution < -0.4 is 5.32 Å². The molecule has 1 fully saturated rings. The monoisotopic (exact) mass is 620 g/mol. The van der Waals surface area contributed by atoms with Crippen LogP contribution in [0.2, 0.25) is 0 Å². The summed E-state index contributed by atoms with van der Waals surface area (Å²) in [6, 6.07) is 11.9. The second-order valence-corrected chi connectivity index (χ2v) is 15.0. The number of pyridine rings is 1. The van der Waals surface area contributed by atoms with E-state index in [2.05, 4.69) is 48.1 Å². The number of carboxylic acids is 1. The first-order valence-electron chi connectivity index (χ1n) is 15.0. The molecule has 11 heteroatoms. The summed E-state index contributed by atoms with van der Waals surface area (Å²) in [6.45, 7) is 9.62. The number of nitrogens with one attached hydrogen (secondary N) is 1. The lowest BCUT2D eigenvalue weighted by molar-refractivity contribution is 0.0673. The number of allylic oxidation sites excluding steroid dienone is 2. The van der Waals surface area contributed by atoms with E-state index in [9.17, 15) is 27.9 Å². The topological polar surface area (TPSA) is 137 Å². The van der Waals surface area contributed by atoms with Gasteiger partial charge in [-0.2, -0.15) is 0 Å². The van der Waals surface area contributed by atoms with Gasteiger partial charge in [0.2, 0.25) is 0 Å². The van der Waals surface area contributed by atoms with Crippen molar-refractivity contribution in [1.82, 2.24) is 20.1 Å². The number of sulfone groups is 1. The van der Waals surface area contributed by atoms with Crippen molar-refractivity contribution in [2.24, 2.45) is 10.8 Å². The van der Waals surface area contributed by atoms with E-state index < -0.39 is 15.8 Å². The number of aromatic carboxylic acids is 1. The SMILES string of the molecule is CC1(C)C(c2ccc(C(=O)O)cc2)=CC[C@]2(C)CN(C(=O)c3cccc(C(=O)NCCCN4CCS(=O)(=O)CC4)n3)CC=C12. The minimum absolute atomic E-state index is 0.178. The van der Waals surface area contributed by atoms with Gasteiger partial charge in [-0.15, -0.1) is 0 Å². The normalized spacial score (nSPS) is 22.8. The van der Waals surface area contributed by atoms with Crippen molar-refractivity contribution in [2.45, 2.75) is 33.6 Å². The van der Waals surface area contributed by atoms with E-state index in [1.54, 1.807) is 35.2 Å². The van der Waals surface area contributed by atoms with Crippen molar-refractivity contribution in [3.8, 4) is 0 Å². The fourth-order valence-electron chi connectivity index (χ4n) is 6.77. The van der Waals surface area contributed by atoms with Crippen molar-refractivity contribution in [3.63, 3.8) is 0 Å². The van der Waals surface area contributed by atoms with Gasteiger partial charge in [-0.05, 0) is 54.8 Å². The van der Waals surface area contributed by atoms with E-state index in [1.807, 2.05) is 12.1 Å². The van der Waals surface area contributed by atoms with Gasteiger partial charge < -0.3 is 20.2 Å². The van der Waals surface area contributed by atoms with E-state index >= 15 is 0 Å². The number of carbonyl (C=O) groups is 3. The Bertz CT molecular complexity index is 1620. The van der Waals surface area contributed by atoms with Gasteiger partial charge in [0.15, 0.2) is 9.84 Å². The van der Waals surface area contributed by atoms with Crippen LogP contribution in [0.3, 0.4) is 0 Å². The predicted octanol–water partition coefficient (Wildman–Crippen LogP) is 3.53. The molecule has 3 aliphatic rings. The number of rotatable bonds is 8. The molecule has 0 bridgehead atoms. The van der Waals surface area contributed by atoms with Crippen molar-refractivity contribution >= 4 is 33.2 Å². The maximum absolute atomic E-state index is 13.6. The molecule has 1 aromatic carbocycles. The lowest BCUT2D eigenvalue weighted by atomic mass is 9.58. The van der Waals surface area contributed by atoms with Gasteiger partial charge in [0, 0.05) is 43.6 Å². The molecule has 1 saturated heterocycles. The Labute approximate surface area is 258 Å². The Morgan fingerprint density at radius 1 is 0.977 bits per heavy atom. The highest BCUT2D eigenvalue weighted by Gasteiger charge is 2.46. The highest BCUT2D eigenvalue weighted by atomic mass is 32.2. The first-order chi connectivity index (χ1) is 20.8. The maximum atomic E-state index is 13.6. The summed E-state index contributed by atoms with van der Waals surface area (Å²) in [6.07, 6.45) is 5.75. The number of carbonyl (C=O) groups excluding carboxylic acids is 2. The lowest BCUT2D eigenvalue weighted by Crippen LogP contribution is -2.49. The summed E-state index contributed by atoms with van der Waals surface area (Å²) in [7, 11) is -2.92. The Morgan fingerprint density at radius 2 is 1.66 bits per heavy atom. The largest absolute Gasteiger partial charge is 0.478 e. The van der Waals surface area contributed by atoms with Crippen LogP contribution in [0.15, 0.2) is 60.2 Å². The van der Waals surface area contributed by atoms with Crippen LogP contribution in [0, 0.1) is 10.8 Å². The first-order valence-corrected chi connectivity index (χ1v) is 16.8. The number of amides is 2. The molecule has 0 saturated carbocycles. The molecule has 2 amide bonds. The molecule has 0 radical (unpaired) electrons. The molecule has 10 nitrogen and oxygen atoms in total. The second-order valence-electron chi connectivity index (χ2n) is 12.7. The van der Waals surface area contributed by atoms with Gasteiger partial charge in [-0.25, -0.2) is 18.2 Å². The molecule has 0 spiro atoms. The van der Waals surface area contributed by atoms with Gasteiger partial charge in [0.1, 0.15) is 11.4 Å². The summed E-state index contributed by atoms with van der Waals surface area (Å²) >= 11 is 0. The van der Waals surface area contributed by atoms with E-state index in [4.69, 9.17) is 0 Å². The maximum Gasteiger partial charge on any atom is 0.335 e. The molecule has 2 N–H and O–H groups in total. The van der Waals surface area contributed by atoms with Gasteiger partial charge >= 0.3 is 5.97 Å². The third kappa shape index (κ3) is 6.63. The highest BCUT2D eigenvalue weighted by Crippen LogP contribution is 2.55. The number of hydrogen-bond acceptors (Lipinski definition) is 7. The molecular formula is C33H40N4O6S. The molecule has 1 aliphatic carbocycles. The number of hydrogen-bond donors (Lipinski definition) is 2. The first kappa shape index (κ1) is 31.6. The molecule has 234 valence electrons. The predicted molar refractivity (Wildman–Crippen MR) is 168 cm³/mol. The Morgan fingerprint density at radius 3 is 2.34 bits per heavy atom. The van der Waals surface area contributed by atoms with Crippen LogP contribution in [0.4, 0.5) is 0 Å². The molecule has 5 rings (SSSR count). The third-order valence-corrected chi connectivity index (χ3v) is 10.7. The quantitative estimate of drug-likeness (QED) is 0.338. The molecule has 1 aromatic heterocycles. The Kier molecular flexibility index (Phi) is 8.82. The van der Waals surface area contributed by atoms with E-state index in [0.717, 1.165) is 17.6 Å². The molecule has 0 unspecified atom stereocenters. The van der Waals surface area contributed by atoms with Gasteiger partial charge in [0.25, 0.3) is 11.8 Å². The number of aromatic nitrogens is 1. The number of nitrogens with zero attached hydrogens (tertiary/aromatic N) is 3. The smallest absolute Gasteiger partial charge is 0.335 e. The van der Waals surface area contributed by atoms with E-state index in [1.165, 1.54) is 5.57 Å². The minimum atomic E-state index is -2.92. The molecular weight excluding hydrogens is 580 g/mol. The number of fused-ring (bicyclic) bond motifs is 1. The summed E-state index contributed by atoms with van der Waals surface area (Å²) < 4.78 is 23.2. The van der Waals surface area contributed by atoms with Crippen molar-refractivity contribution in [1.29, 1.82) is 0 Å². The lowest BCUT2D eigenvalue weighted by Gasteiger charge is -2.50. The number of carboxylic acid groups (broad SMARTS) is 1. The van der Waals surface area contributed by atoms with E-state index in [-0.39, 0.29) is 51.1 Å². The van der Waals surface area contributed by atoms with Gasteiger partial charge in [-0.3, -0.25) is 9.59 Å². The van der Waals surface area contributed by atoms with Crippen LogP contribution in [0.1, 0.15) is 70.5 Å². The van der Waals surface area contributed by atoms with Crippen LogP contribution in [-0.4, -0.2) is 96.9 Å². The third-order valence-electron chi connectivity index (χ3n) is 9.11. The fourth-order valence-corrected chi connectivity index (χ4v) is 8.04. The Hall–Kier alpha value is -3.83. The van der Waals surface area contributed by atoms with Gasteiger partial charge in [-0.1, -0.05) is 56.7 Å². The fraction of sp³-hybridized carbons (Fsp3) is 0.455. The van der Waals surface area contributed by atoms with Crippen molar-refractivity contribution in [3.05, 3.63) is 82.7 Å². The zero-order chi connectivity index (χ0) is 31.7. The summed E-state index contributed by atoms with van der Waals surface area (Å²) in [5.41, 5.74) is 3.44. The average Bonchev–Trinajstić information content (AvgIpc) is 2.99. The highest BCUT2D eigenvalue weighted by molar-refractivity contribution is 7.91. The summed E-state index contributed by atoms with van der Waals surface area (Å²) in [4.78, 5) is 46.0. The average molecular weight is 621 g/mol. The van der Waals surface area contributed by atoms with E-state index in [0.29, 0.717) is 45.7 Å². The van der Waals surface area contributed by atoms with Crippen LogP contribution in [0.5, 0.6) is 0 Å². The summed E-state index contributed by atoms with van der Waals surface area (Å²) in [5, 5.41) is 12.1. The zero-order valence-corrected chi connectivity index (χ0v) is 26.3. The molecule has 1 atom stereocenters. The molecule has 3 heterocycles. The van der Waals surface area contributed by atoms with Crippen LogP contribution >= 0.6 is 0 Å². The van der Waals surface area contributed by atoms with Gasteiger partial charge in [0.05, 0.1) is 17.1 Å². The van der Waals surface area contributed by atoms with Crippen molar-refractivity contribution in [2.75, 3.05) is 50.8 Å². The Balaban J connectivity index is 1.21. The standard InChI is InChI=1S/C33H40N4O6S/c1-32(2)25(23-8-10-24(11-9-23)31(40)41)12-14-33(3)22-37(17-13-28(32)33)30(39)27-7-4-6-26(35-27)29(38)34-15-5-16-36-18-20-44(42,43)21-19-36/h4,6-13H,5,14-22H2,1-3H3,(H,34,38)(H,40,41)/t33-/m1/s1. The van der Waals surface area contributed by atoms with Crippen LogP contribution in [-0.2, 0) is 9.84 Å².